The van der Waals surface area contributed by atoms with Gasteiger partial charge in [-0.2, -0.15) is 0 Å². The quantitative estimate of drug-likeness (QED) is 0.161. The van der Waals surface area contributed by atoms with Gasteiger partial charge in [-0.05, 0) is 0 Å². The van der Waals surface area contributed by atoms with Crippen LogP contribution in [0.15, 0.2) is 0 Å². The topological polar surface area (TPSA) is 397 Å². The molecule has 0 rings (SSSR count). The Balaban J connectivity index is -0.0000000245. The molecule has 158 valence electrons. The summed E-state index contributed by atoms with van der Waals surface area (Å²) >= 11 is 0. The van der Waals surface area contributed by atoms with E-state index in [0.717, 1.165) is 0 Å². The van der Waals surface area contributed by atoms with Crippen molar-refractivity contribution >= 4 is 0 Å². The van der Waals surface area contributed by atoms with Gasteiger partial charge in [0.1, 0.15) is 0 Å². The fourth-order valence-electron chi connectivity index (χ4n) is 0. The Kier molecular flexibility index (Phi) is 81.8. The smallest absolute Gasteiger partial charge is 0.356 e. The van der Waals surface area contributed by atoms with Gasteiger partial charge in [-0.1, -0.05) is 0 Å². The van der Waals surface area contributed by atoms with Crippen LogP contribution in [-0.4, -0.2) is 30.5 Å². The number of hydrogen-bond donors (Lipinski definition) is 0. The summed E-state index contributed by atoms with van der Waals surface area (Å²) in [5.41, 5.74) is 0. The van der Waals surface area contributed by atoms with Gasteiger partial charge in [0.15, 0.2) is 0 Å². The molecule has 0 N–H and O–H groups in total. The Hall–Kier alpha value is -3.45. The third-order valence-corrected chi connectivity index (χ3v) is 0. The van der Waals surface area contributed by atoms with Crippen molar-refractivity contribution in [1.29, 1.82) is 0 Å². The molecule has 0 aromatic heterocycles. The molecule has 0 atom stereocenters. The largest absolute Gasteiger partial charge is 4.00 e. The summed E-state index contributed by atoms with van der Waals surface area (Å²) in [5, 5.41) is 88.5. The van der Waals surface area contributed by atoms with E-state index in [1.54, 1.807) is 0 Å². The van der Waals surface area contributed by atoms with Crippen LogP contribution in [0.2, 0.25) is 0 Å². The molecule has 0 saturated carbocycles. The van der Waals surface area contributed by atoms with E-state index in [1.807, 2.05) is 0 Å². The molecule has 0 aromatic carbocycles. The second-order valence-electron chi connectivity index (χ2n) is 1.34. The Morgan fingerprint density at radius 2 is 0.308 bits per heavy atom. The maximum atomic E-state index is 8.25. The third kappa shape index (κ3) is 660. The first-order valence-corrected chi connectivity index (χ1v) is 3.29. The molecule has 26 heteroatoms. The average molecular weight is 674 g/mol. The first-order chi connectivity index (χ1) is 10.4. The molecule has 24 nitrogen and oxygen atoms in total. The summed E-state index contributed by atoms with van der Waals surface area (Å²) in [6.07, 6.45) is 0. The van der Waals surface area contributed by atoms with Crippen LogP contribution in [0, 0.1) is 91.9 Å². The van der Waals surface area contributed by atoms with E-state index in [1.165, 1.54) is 0 Å². The first-order valence-electron chi connectivity index (χ1n) is 3.29. The van der Waals surface area contributed by atoms with E-state index >= 15 is 0 Å². The Labute approximate surface area is 164 Å². The molecule has 26 heavy (non-hydrogen) atoms. The molecule has 0 bridgehead atoms. The molecule has 0 unspecified atom stereocenters. The van der Waals surface area contributed by atoms with Crippen LogP contribution in [0.25, 0.3) is 0 Å². The summed E-state index contributed by atoms with van der Waals surface area (Å²) in [6.45, 7) is 0. The summed E-state index contributed by atoms with van der Waals surface area (Å²) < 4.78 is 0. The zero-order valence-electron chi connectivity index (χ0n) is 10.7. The predicted molar refractivity (Wildman–Crippen MR) is 62.2 cm³/mol. The monoisotopic (exact) mass is 673 g/mol. The van der Waals surface area contributed by atoms with Crippen molar-refractivity contribution in [3.63, 3.8) is 0 Å². The van der Waals surface area contributed by atoms with Crippen LogP contribution in [0.4, 0.5) is 0 Å². The second kappa shape index (κ2) is 43.0. The third-order valence-electron chi connectivity index (χ3n) is 0. The van der Waals surface area contributed by atoms with E-state index in [4.69, 9.17) is 91.9 Å². The fraction of sp³-hybridized carbons (Fsp3) is 0. The first kappa shape index (κ1) is 49.5. The molecule has 0 radical (unpaired) electrons. The number of rotatable bonds is 0. The van der Waals surface area contributed by atoms with Gasteiger partial charge in [-0.15, -0.1) is 0 Å². The van der Waals surface area contributed by atoms with Gasteiger partial charge in [-0.25, -0.2) is 0 Å². The zero-order chi connectivity index (χ0) is 21.5. The summed E-state index contributed by atoms with van der Waals surface area (Å²) in [4.78, 5) is 49.5. The van der Waals surface area contributed by atoms with Crippen molar-refractivity contribution < 1.29 is 72.0 Å². The fourth-order valence-corrected chi connectivity index (χ4v) is 0. The molecular formula is N6O18PdPt. The zero-order valence-corrected chi connectivity index (χ0v) is 14.5. The van der Waals surface area contributed by atoms with Crippen molar-refractivity contribution in [2.24, 2.45) is 0 Å². The summed E-state index contributed by atoms with van der Waals surface area (Å²) in [7, 11) is 0. The molecule has 0 saturated heterocycles. The maximum absolute atomic E-state index is 8.25. The standard InChI is InChI=1S/6NO3.Pd.Pt/c6*2-1(3)4;;/q6*-1;+2;+4. The van der Waals surface area contributed by atoms with E-state index < -0.39 is 30.5 Å². The number of nitrogens with zero attached hydrogens (tertiary/aromatic N) is 6. The molecule has 0 aliphatic rings. The molecule has 0 aromatic rings. The maximum Gasteiger partial charge on any atom is 4.00 e. The number of hydrogen-bond acceptors (Lipinski definition) is 18. The van der Waals surface area contributed by atoms with E-state index in [-0.39, 0.29) is 41.5 Å². The second-order valence-corrected chi connectivity index (χ2v) is 1.34. The molecule has 0 spiro atoms. The van der Waals surface area contributed by atoms with Crippen LogP contribution in [0.1, 0.15) is 0 Å². The summed E-state index contributed by atoms with van der Waals surface area (Å²) in [5.74, 6) is 0. The Bertz CT molecular complexity index is 263. The molecule has 0 amide bonds. The minimum Gasteiger partial charge on any atom is -0.356 e. The molecular weight excluding hydrogens is 674 g/mol. The van der Waals surface area contributed by atoms with Gasteiger partial charge in [0.25, 0.3) is 0 Å². The molecule has 0 heterocycles. The van der Waals surface area contributed by atoms with E-state index in [2.05, 4.69) is 0 Å². The van der Waals surface area contributed by atoms with E-state index in [9.17, 15) is 0 Å². The normalized spacial score (nSPS) is 5.54. The molecule has 0 fully saturated rings. The van der Waals surface area contributed by atoms with Crippen LogP contribution >= 0.6 is 0 Å². The van der Waals surface area contributed by atoms with Gasteiger partial charge >= 0.3 is 41.5 Å². The van der Waals surface area contributed by atoms with Crippen LogP contribution in [0.5, 0.6) is 0 Å². The van der Waals surface area contributed by atoms with Crippen molar-refractivity contribution in [3.8, 4) is 0 Å². The molecule has 0 aliphatic heterocycles. The van der Waals surface area contributed by atoms with Gasteiger partial charge in [0.2, 0.25) is 0 Å². The van der Waals surface area contributed by atoms with Crippen LogP contribution in [0.3, 0.4) is 0 Å². The Morgan fingerprint density at radius 3 is 0.308 bits per heavy atom. The van der Waals surface area contributed by atoms with Gasteiger partial charge in [0, 0.05) is 0 Å². The average Bonchev–Trinajstić information content (AvgIpc) is 2.08. The SMILES string of the molecule is O=[N+]([O-])[O-].O=[N+]([O-])[O-].O=[N+]([O-])[O-].O=[N+]([O-])[O-].O=[N+]([O-])[O-].O=[N+]([O-])[O-].[Pd+2].[Pt+4]. The predicted octanol–water partition coefficient (Wildman–Crippen LogP) is -1.44. The molecule has 0 aliphatic carbocycles. The summed E-state index contributed by atoms with van der Waals surface area (Å²) in [6, 6.07) is 0. The van der Waals surface area contributed by atoms with Gasteiger partial charge in [0.05, 0.1) is 30.5 Å². The van der Waals surface area contributed by atoms with Gasteiger partial charge in [-0.3, -0.25) is 0 Å². The van der Waals surface area contributed by atoms with Crippen LogP contribution < -0.4 is 0 Å². The minimum atomic E-state index is -1.75. The van der Waals surface area contributed by atoms with Crippen LogP contribution in [-0.2, 0) is 41.5 Å². The van der Waals surface area contributed by atoms with Crippen molar-refractivity contribution in [3.05, 3.63) is 91.9 Å². The van der Waals surface area contributed by atoms with Gasteiger partial charge < -0.3 is 91.9 Å². The van der Waals surface area contributed by atoms with Crippen molar-refractivity contribution in [1.82, 2.24) is 0 Å². The Morgan fingerprint density at radius 1 is 0.308 bits per heavy atom. The minimum absolute atomic E-state index is 0. The van der Waals surface area contributed by atoms with E-state index in [0.29, 0.717) is 0 Å². The van der Waals surface area contributed by atoms with Crippen molar-refractivity contribution in [2.45, 2.75) is 0 Å². The van der Waals surface area contributed by atoms with Crippen molar-refractivity contribution in [2.75, 3.05) is 0 Å².